The Morgan fingerprint density at radius 2 is 1.87 bits per heavy atom. The molecule has 1 aromatic heterocycles. The number of benzene rings is 1. The lowest BCUT2D eigenvalue weighted by atomic mass is 9.98. The summed E-state index contributed by atoms with van der Waals surface area (Å²) in [6.07, 6.45) is 8.35. The first-order valence-corrected chi connectivity index (χ1v) is 14.3. The van der Waals surface area contributed by atoms with E-state index in [9.17, 15) is 14.4 Å². The fourth-order valence-corrected chi connectivity index (χ4v) is 5.94. The van der Waals surface area contributed by atoms with Gasteiger partial charge in [-0.15, -0.1) is 0 Å². The third-order valence-corrected chi connectivity index (χ3v) is 8.09. The van der Waals surface area contributed by atoms with Gasteiger partial charge in [-0.1, -0.05) is 12.5 Å². The molecule has 1 aromatic carbocycles. The van der Waals surface area contributed by atoms with Crippen molar-refractivity contribution in [2.24, 2.45) is 5.73 Å². The summed E-state index contributed by atoms with van der Waals surface area (Å²) in [6.45, 7) is 5.95. The summed E-state index contributed by atoms with van der Waals surface area (Å²) in [5.41, 5.74) is 9.24. The van der Waals surface area contributed by atoms with E-state index >= 15 is 0 Å². The lowest BCUT2D eigenvalue weighted by Crippen LogP contribution is -2.55. The average Bonchev–Trinajstić information content (AvgIpc) is 3.41. The first kappa shape index (κ1) is 28.8. The largest absolute Gasteiger partial charge is 0.465 e. The van der Waals surface area contributed by atoms with Crippen LogP contribution >= 0.6 is 0 Å². The van der Waals surface area contributed by atoms with Gasteiger partial charge in [0.15, 0.2) is 0 Å². The van der Waals surface area contributed by atoms with E-state index in [1.165, 1.54) is 19.3 Å². The normalized spacial score (nSPS) is 18.6. The highest BCUT2D eigenvalue weighted by atomic mass is 16.4. The number of nitrogens with one attached hydrogen (secondary N) is 3. The Hall–Kier alpha value is -3.18. The van der Waals surface area contributed by atoms with Crippen LogP contribution in [-0.2, 0) is 16.0 Å². The number of nitrogens with two attached hydrogens (primary N) is 1. The Bertz CT molecular complexity index is 1120. The zero-order valence-corrected chi connectivity index (χ0v) is 23.0. The van der Waals surface area contributed by atoms with E-state index in [2.05, 4.69) is 25.7 Å². The monoisotopic (exact) mass is 541 g/mol. The Kier molecular flexibility index (Phi) is 10.2. The van der Waals surface area contributed by atoms with Crippen LogP contribution in [0.1, 0.15) is 62.5 Å². The number of H-pyrrole nitrogens is 1. The molecule has 2 saturated heterocycles. The molecule has 2 atom stereocenters. The van der Waals surface area contributed by atoms with E-state index in [4.69, 9.17) is 10.8 Å². The van der Waals surface area contributed by atoms with E-state index in [-0.39, 0.29) is 11.8 Å². The van der Waals surface area contributed by atoms with Crippen molar-refractivity contribution in [2.75, 3.05) is 32.7 Å². The lowest BCUT2D eigenvalue weighted by Gasteiger charge is -2.41. The van der Waals surface area contributed by atoms with Crippen LogP contribution in [-0.4, -0.2) is 93.9 Å². The van der Waals surface area contributed by atoms with E-state index in [0.29, 0.717) is 51.4 Å². The van der Waals surface area contributed by atoms with Gasteiger partial charge >= 0.3 is 6.09 Å². The molecule has 2 aromatic rings. The molecule has 0 spiro atoms. The number of rotatable bonds is 11. The van der Waals surface area contributed by atoms with Crippen molar-refractivity contribution in [3.8, 4) is 0 Å². The maximum Gasteiger partial charge on any atom is 0.404 e. The standard InChI is InChI=1S/C28H43N7O4/c1-19-15-20(16-21-18-31-33-25(19)21)17-23(29)26(36)32-24(7-3-4-10-30-28(38)39)27(37)35-13-8-22(9-14-35)34-11-5-2-6-12-34/h15-16,18,22-24,30H,2-14,17,29H2,1H3,(H,31,33)(H,32,36)(H,38,39)/t23-,24+/m1/s1. The molecule has 214 valence electrons. The van der Waals surface area contributed by atoms with Gasteiger partial charge in [0, 0.05) is 31.1 Å². The molecule has 0 bridgehead atoms. The second-order valence-corrected chi connectivity index (χ2v) is 11.0. The van der Waals surface area contributed by atoms with Gasteiger partial charge in [0.05, 0.1) is 17.8 Å². The van der Waals surface area contributed by atoms with Crippen LogP contribution in [0.5, 0.6) is 0 Å². The number of aromatic nitrogens is 2. The third kappa shape index (κ3) is 7.92. The number of hydrogen-bond acceptors (Lipinski definition) is 6. The molecule has 39 heavy (non-hydrogen) atoms. The van der Waals surface area contributed by atoms with Gasteiger partial charge < -0.3 is 31.3 Å². The summed E-state index contributed by atoms with van der Waals surface area (Å²) in [6, 6.07) is 3.01. The van der Waals surface area contributed by atoms with Crippen LogP contribution in [0.4, 0.5) is 4.79 Å². The van der Waals surface area contributed by atoms with Gasteiger partial charge in [-0.2, -0.15) is 5.10 Å². The molecule has 3 heterocycles. The number of carbonyl (C=O) groups is 3. The summed E-state index contributed by atoms with van der Waals surface area (Å²) in [7, 11) is 0. The van der Waals surface area contributed by atoms with E-state index in [0.717, 1.165) is 48.0 Å². The van der Waals surface area contributed by atoms with Gasteiger partial charge in [-0.3, -0.25) is 14.7 Å². The maximum atomic E-state index is 13.6. The number of unbranched alkanes of at least 4 members (excludes halogenated alkanes) is 1. The fourth-order valence-electron chi connectivity index (χ4n) is 5.94. The molecule has 11 heteroatoms. The Morgan fingerprint density at radius 1 is 1.13 bits per heavy atom. The highest BCUT2D eigenvalue weighted by molar-refractivity contribution is 5.90. The molecular formula is C28H43N7O4. The van der Waals surface area contributed by atoms with Gasteiger partial charge in [0.2, 0.25) is 11.8 Å². The lowest BCUT2D eigenvalue weighted by molar-refractivity contribution is -0.138. The maximum absolute atomic E-state index is 13.6. The van der Waals surface area contributed by atoms with Crippen molar-refractivity contribution in [1.29, 1.82) is 0 Å². The van der Waals surface area contributed by atoms with Crippen molar-refractivity contribution >= 4 is 28.8 Å². The number of aryl methyl sites for hydroxylation is 1. The topological polar surface area (TPSA) is 157 Å². The molecule has 2 aliphatic heterocycles. The van der Waals surface area contributed by atoms with E-state index < -0.39 is 18.2 Å². The minimum absolute atomic E-state index is 0.0745. The SMILES string of the molecule is Cc1cc(C[C@@H](N)C(=O)N[C@@H](CCCCNC(=O)O)C(=O)N2CCC(N3CCCCC3)CC2)cc2cn[nH]c12. The molecule has 0 radical (unpaired) electrons. The Labute approximate surface area is 229 Å². The number of carboxylic acid groups (broad SMARTS) is 1. The predicted octanol–water partition coefficient (Wildman–Crippen LogP) is 2.14. The summed E-state index contributed by atoms with van der Waals surface area (Å²) >= 11 is 0. The molecular weight excluding hydrogens is 498 g/mol. The number of amides is 3. The summed E-state index contributed by atoms with van der Waals surface area (Å²) in [4.78, 5) is 41.9. The van der Waals surface area contributed by atoms with Crippen molar-refractivity contribution in [3.63, 3.8) is 0 Å². The summed E-state index contributed by atoms with van der Waals surface area (Å²) < 4.78 is 0. The number of carbonyl (C=O) groups excluding carboxylic acids is 2. The van der Waals surface area contributed by atoms with Gasteiger partial charge in [-0.25, -0.2) is 4.79 Å². The zero-order chi connectivity index (χ0) is 27.8. The zero-order valence-electron chi connectivity index (χ0n) is 23.0. The number of aromatic amines is 1. The van der Waals surface area contributed by atoms with Crippen molar-refractivity contribution in [1.82, 2.24) is 30.6 Å². The summed E-state index contributed by atoms with van der Waals surface area (Å²) in [5.74, 6) is -0.431. The number of fused-ring (bicyclic) bond motifs is 1. The highest BCUT2D eigenvalue weighted by Gasteiger charge is 2.32. The van der Waals surface area contributed by atoms with Crippen molar-refractivity contribution in [3.05, 3.63) is 29.5 Å². The van der Waals surface area contributed by atoms with Gasteiger partial charge in [0.1, 0.15) is 6.04 Å². The molecule has 0 aliphatic carbocycles. The van der Waals surface area contributed by atoms with Gasteiger partial charge in [-0.05, 0) is 88.6 Å². The number of likely N-dealkylation sites (tertiary alicyclic amines) is 2. The molecule has 2 aliphatic rings. The number of hydrogen-bond donors (Lipinski definition) is 5. The number of piperidine rings is 2. The smallest absolute Gasteiger partial charge is 0.404 e. The van der Waals surface area contributed by atoms with Crippen LogP contribution in [0.3, 0.4) is 0 Å². The minimum atomic E-state index is -1.07. The quantitative estimate of drug-likeness (QED) is 0.273. The predicted molar refractivity (Wildman–Crippen MR) is 149 cm³/mol. The number of nitrogens with zero attached hydrogens (tertiary/aromatic N) is 3. The van der Waals surface area contributed by atoms with Crippen LogP contribution in [0.15, 0.2) is 18.3 Å². The van der Waals surface area contributed by atoms with E-state index in [1.54, 1.807) is 6.20 Å². The van der Waals surface area contributed by atoms with E-state index in [1.807, 2.05) is 24.0 Å². The van der Waals surface area contributed by atoms with Crippen molar-refractivity contribution < 1.29 is 19.5 Å². The van der Waals surface area contributed by atoms with Crippen LogP contribution in [0.25, 0.3) is 10.9 Å². The molecule has 11 nitrogen and oxygen atoms in total. The molecule has 0 saturated carbocycles. The van der Waals surface area contributed by atoms with Crippen LogP contribution < -0.4 is 16.4 Å². The van der Waals surface area contributed by atoms with Crippen molar-refractivity contribution in [2.45, 2.75) is 82.8 Å². The molecule has 6 N–H and O–H groups in total. The fraction of sp³-hybridized carbons (Fsp3) is 0.643. The van der Waals surface area contributed by atoms with Crippen LogP contribution in [0.2, 0.25) is 0 Å². The Balaban J connectivity index is 1.35. The first-order chi connectivity index (χ1) is 18.8. The average molecular weight is 542 g/mol. The molecule has 3 amide bonds. The summed E-state index contributed by atoms with van der Waals surface area (Å²) in [5, 5.41) is 22.1. The molecule has 2 fully saturated rings. The second kappa shape index (κ2) is 13.7. The Morgan fingerprint density at radius 3 is 2.59 bits per heavy atom. The van der Waals surface area contributed by atoms with Gasteiger partial charge in [0.25, 0.3) is 0 Å². The minimum Gasteiger partial charge on any atom is -0.465 e. The molecule has 0 unspecified atom stereocenters. The third-order valence-electron chi connectivity index (χ3n) is 8.09. The second-order valence-electron chi connectivity index (χ2n) is 11.0. The highest BCUT2D eigenvalue weighted by Crippen LogP contribution is 2.22. The first-order valence-electron chi connectivity index (χ1n) is 14.3. The van der Waals surface area contributed by atoms with Crippen LogP contribution in [0, 0.1) is 6.92 Å². The molecule has 4 rings (SSSR count).